The van der Waals surface area contributed by atoms with Crippen LogP contribution in [0, 0.1) is 13.8 Å². The van der Waals surface area contributed by atoms with E-state index < -0.39 is 15.6 Å². The average Bonchev–Trinajstić information content (AvgIpc) is 2.82. The topological polar surface area (TPSA) is 92.4 Å². The molecule has 1 aliphatic rings. The summed E-state index contributed by atoms with van der Waals surface area (Å²) in [5.74, 6) is 0. The summed E-state index contributed by atoms with van der Waals surface area (Å²) in [6.45, 7) is 3.42. The molecule has 1 saturated carbocycles. The minimum Gasteiger partial charge on any atom is -0.398 e. The van der Waals surface area contributed by atoms with Crippen molar-refractivity contribution in [2.45, 2.75) is 50.0 Å². The SMILES string of the molecule is Cc1ccc(N)c(S(=O)(=O)NC2(CO)CCCC2)c1C. The van der Waals surface area contributed by atoms with Gasteiger partial charge in [0, 0.05) is 0 Å². The number of nitrogens with two attached hydrogens (primary N) is 1. The first-order chi connectivity index (χ1) is 9.31. The van der Waals surface area contributed by atoms with Crippen LogP contribution in [0.3, 0.4) is 0 Å². The Balaban J connectivity index is 2.43. The molecular weight excluding hydrogens is 276 g/mol. The maximum absolute atomic E-state index is 12.6. The van der Waals surface area contributed by atoms with E-state index in [4.69, 9.17) is 5.73 Å². The number of benzene rings is 1. The van der Waals surface area contributed by atoms with Gasteiger partial charge in [-0.15, -0.1) is 0 Å². The summed E-state index contributed by atoms with van der Waals surface area (Å²) in [6, 6.07) is 3.41. The van der Waals surface area contributed by atoms with Gasteiger partial charge >= 0.3 is 0 Å². The molecule has 4 N–H and O–H groups in total. The molecule has 1 aromatic carbocycles. The largest absolute Gasteiger partial charge is 0.398 e. The van der Waals surface area contributed by atoms with Crippen molar-refractivity contribution < 1.29 is 13.5 Å². The molecule has 0 bridgehead atoms. The van der Waals surface area contributed by atoms with Crippen molar-refractivity contribution in [1.29, 1.82) is 0 Å². The number of hydrogen-bond donors (Lipinski definition) is 3. The van der Waals surface area contributed by atoms with Crippen molar-refractivity contribution >= 4 is 15.7 Å². The second kappa shape index (κ2) is 5.35. The Labute approximate surface area is 120 Å². The fourth-order valence-electron chi connectivity index (χ4n) is 2.85. The summed E-state index contributed by atoms with van der Waals surface area (Å²) in [5.41, 5.74) is 6.90. The Morgan fingerprint density at radius 2 is 1.90 bits per heavy atom. The number of hydrogen-bond acceptors (Lipinski definition) is 4. The van der Waals surface area contributed by atoms with Crippen LogP contribution in [0.15, 0.2) is 17.0 Å². The third-order valence-corrected chi connectivity index (χ3v) is 5.97. The lowest BCUT2D eigenvalue weighted by Gasteiger charge is -2.28. The molecule has 0 amide bonds. The van der Waals surface area contributed by atoms with Crippen molar-refractivity contribution in [3.8, 4) is 0 Å². The van der Waals surface area contributed by atoms with Crippen LogP contribution in [0.1, 0.15) is 36.8 Å². The number of rotatable bonds is 4. The molecule has 0 aliphatic heterocycles. The lowest BCUT2D eigenvalue weighted by Crippen LogP contribution is -2.49. The standard InChI is InChI=1S/C14H22N2O3S/c1-10-5-6-12(15)13(11(10)2)20(18,19)16-14(9-17)7-3-4-8-14/h5-6,16-17H,3-4,7-9,15H2,1-2H3. The summed E-state index contributed by atoms with van der Waals surface area (Å²) in [5, 5.41) is 9.56. The van der Waals surface area contributed by atoms with Crippen LogP contribution in [-0.2, 0) is 10.0 Å². The number of anilines is 1. The summed E-state index contributed by atoms with van der Waals surface area (Å²) in [4.78, 5) is 0.136. The van der Waals surface area contributed by atoms with Gasteiger partial charge in [-0.1, -0.05) is 18.9 Å². The number of sulfonamides is 1. The van der Waals surface area contributed by atoms with Gasteiger partial charge in [-0.3, -0.25) is 0 Å². The lowest BCUT2D eigenvalue weighted by atomic mass is 10.0. The lowest BCUT2D eigenvalue weighted by molar-refractivity contribution is 0.185. The van der Waals surface area contributed by atoms with Gasteiger partial charge in [0.25, 0.3) is 0 Å². The first-order valence-electron chi connectivity index (χ1n) is 6.82. The molecule has 1 aliphatic carbocycles. The van der Waals surface area contributed by atoms with E-state index in [0.29, 0.717) is 18.4 Å². The van der Waals surface area contributed by atoms with E-state index in [0.717, 1.165) is 18.4 Å². The number of nitrogens with one attached hydrogen (secondary N) is 1. The predicted octanol–water partition coefficient (Wildman–Crippen LogP) is 1.47. The van der Waals surface area contributed by atoms with Gasteiger partial charge in [-0.2, -0.15) is 0 Å². The highest BCUT2D eigenvalue weighted by Crippen LogP contribution is 2.33. The quantitative estimate of drug-likeness (QED) is 0.734. The van der Waals surface area contributed by atoms with E-state index in [-0.39, 0.29) is 17.2 Å². The molecule has 0 radical (unpaired) electrons. The van der Waals surface area contributed by atoms with E-state index in [1.165, 1.54) is 0 Å². The Kier molecular flexibility index (Phi) is 4.09. The third kappa shape index (κ3) is 2.68. The maximum atomic E-state index is 12.6. The molecular formula is C14H22N2O3S. The zero-order valence-electron chi connectivity index (χ0n) is 11.9. The molecule has 0 spiro atoms. The molecule has 20 heavy (non-hydrogen) atoms. The average molecular weight is 298 g/mol. The predicted molar refractivity (Wildman–Crippen MR) is 78.9 cm³/mol. The van der Waals surface area contributed by atoms with E-state index in [1.807, 2.05) is 6.92 Å². The number of aryl methyl sites for hydroxylation is 1. The minimum atomic E-state index is -3.73. The zero-order chi connectivity index (χ0) is 15.0. The summed E-state index contributed by atoms with van der Waals surface area (Å²) >= 11 is 0. The molecule has 112 valence electrons. The smallest absolute Gasteiger partial charge is 0.243 e. The van der Waals surface area contributed by atoms with Gasteiger partial charge < -0.3 is 10.8 Å². The van der Waals surface area contributed by atoms with Gasteiger partial charge in [-0.25, -0.2) is 13.1 Å². The molecule has 0 unspecified atom stereocenters. The molecule has 6 heteroatoms. The molecule has 0 atom stereocenters. The highest BCUT2D eigenvalue weighted by molar-refractivity contribution is 7.89. The number of nitrogen functional groups attached to an aromatic ring is 1. The highest BCUT2D eigenvalue weighted by Gasteiger charge is 2.38. The van der Waals surface area contributed by atoms with E-state index in [2.05, 4.69) is 4.72 Å². The van der Waals surface area contributed by atoms with E-state index in [9.17, 15) is 13.5 Å². The van der Waals surface area contributed by atoms with Gasteiger partial charge in [-0.05, 0) is 43.9 Å². The Hall–Kier alpha value is -1.11. The first kappa shape index (κ1) is 15.3. The van der Waals surface area contributed by atoms with Crippen molar-refractivity contribution in [3.63, 3.8) is 0 Å². The molecule has 1 fully saturated rings. The van der Waals surface area contributed by atoms with Crippen LogP contribution in [0.4, 0.5) is 5.69 Å². The fourth-order valence-corrected chi connectivity index (χ4v) is 4.73. The summed E-state index contributed by atoms with van der Waals surface area (Å²) in [7, 11) is -3.73. The zero-order valence-corrected chi connectivity index (χ0v) is 12.8. The van der Waals surface area contributed by atoms with Crippen molar-refractivity contribution in [2.24, 2.45) is 0 Å². The van der Waals surface area contributed by atoms with E-state index >= 15 is 0 Å². The Morgan fingerprint density at radius 1 is 1.30 bits per heavy atom. The van der Waals surface area contributed by atoms with Crippen LogP contribution in [0.5, 0.6) is 0 Å². The van der Waals surface area contributed by atoms with E-state index in [1.54, 1.807) is 19.1 Å². The van der Waals surface area contributed by atoms with Crippen LogP contribution in [0.2, 0.25) is 0 Å². The minimum absolute atomic E-state index is 0.136. The normalized spacial score (nSPS) is 18.4. The summed E-state index contributed by atoms with van der Waals surface area (Å²) in [6.07, 6.45) is 3.16. The van der Waals surface area contributed by atoms with Crippen molar-refractivity contribution in [2.75, 3.05) is 12.3 Å². The van der Waals surface area contributed by atoms with Crippen LogP contribution < -0.4 is 10.5 Å². The monoisotopic (exact) mass is 298 g/mol. The molecule has 0 heterocycles. The third-order valence-electron chi connectivity index (χ3n) is 4.19. The number of aliphatic hydroxyl groups excluding tert-OH is 1. The molecule has 0 saturated heterocycles. The first-order valence-corrected chi connectivity index (χ1v) is 8.30. The second-order valence-electron chi connectivity index (χ2n) is 5.68. The second-order valence-corrected chi connectivity index (χ2v) is 7.30. The molecule has 5 nitrogen and oxygen atoms in total. The summed E-state index contributed by atoms with van der Waals surface area (Å²) < 4.78 is 28.0. The van der Waals surface area contributed by atoms with Gasteiger partial charge in [0.15, 0.2) is 0 Å². The van der Waals surface area contributed by atoms with Crippen LogP contribution in [-0.4, -0.2) is 25.7 Å². The molecule has 0 aromatic heterocycles. The Morgan fingerprint density at radius 3 is 2.45 bits per heavy atom. The molecule has 2 rings (SSSR count). The van der Waals surface area contributed by atoms with Crippen LogP contribution in [0.25, 0.3) is 0 Å². The van der Waals surface area contributed by atoms with Crippen LogP contribution >= 0.6 is 0 Å². The van der Waals surface area contributed by atoms with Crippen molar-refractivity contribution in [1.82, 2.24) is 4.72 Å². The molecule has 1 aromatic rings. The highest BCUT2D eigenvalue weighted by atomic mass is 32.2. The number of aliphatic hydroxyl groups is 1. The van der Waals surface area contributed by atoms with Gasteiger partial charge in [0.2, 0.25) is 10.0 Å². The Bertz CT molecular complexity index is 605. The fraction of sp³-hybridized carbons (Fsp3) is 0.571. The van der Waals surface area contributed by atoms with Gasteiger partial charge in [0.05, 0.1) is 17.8 Å². The van der Waals surface area contributed by atoms with Crippen molar-refractivity contribution in [3.05, 3.63) is 23.3 Å². The maximum Gasteiger partial charge on any atom is 0.243 e. The van der Waals surface area contributed by atoms with Gasteiger partial charge in [0.1, 0.15) is 4.90 Å².